The zero-order valence-electron chi connectivity index (χ0n) is 15.9. The van der Waals surface area contributed by atoms with Crippen LogP contribution in [0.2, 0.25) is 0 Å². The second-order valence-corrected chi connectivity index (χ2v) is 6.90. The Morgan fingerprint density at radius 1 is 1.16 bits per heavy atom. The number of hydrogen-bond acceptors (Lipinski definition) is 3. The molecule has 4 nitrogen and oxygen atoms in total. The van der Waals surface area contributed by atoms with Crippen LogP contribution >= 0.6 is 0 Å². The van der Waals surface area contributed by atoms with Gasteiger partial charge in [-0.25, -0.2) is 4.39 Å². The lowest BCUT2D eigenvalue weighted by Gasteiger charge is -2.29. The number of halogens is 1. The first-order valence-electron chi connectivity index (χ1n) is 9.48. The van der Waals surface area contributed by atoms with E-state index in [1.54, 1.807) is 12.1 Å². The van der Waals surface area contributed by atoms with Crippen LogP contribution in [0.1, 0.15) is 38.7 Å². The Morgan fingerprint density at radius 2 is 1.88 bits per heavy atom. The smallest absolute Gasteiger partial charge is 0.222 e. The highest BCUT2D eigenvalue weighted by Crippen LogP contribution is 2.19. The van der Waals surface area contributed by atoms with Crippen molar-refractivity contribution in [1.29, 1.82) is 0 Å². The van der Waals surface area contributed by atoms with Crippen LogP contribution in [-0.4, -0.2) is 66.4 Å². The summed E-state index contributed by atoms with van der Waals surface area (Å²) in [4.78, 5) is 19.1. The normalized spacial score (nSPS) is 18.9. The van der Waals surface area contributed by atoms with Gasteiger partial charge in [-0.3, -0.25) is 4.79 Å². The maximum Gasteiger partial charge on any atom is 0.222 e. The van der Waals surface area contributed by atoms with Crippen LogP contribution in [0.3, 0.4) is 0 Å². The summed E-state index contributed by atoms with van der Waals surface area (Å²) in [5.74, 6) is -0.0877. The minimum absolute atomic E-state index is 0.142. The molecular weight excluding hydrogens is 317 g/mol. The molecule has 0 bridgehead atoms. The summed E-state index contributed by atoms with van der Waals surface area (Å²) in [5.41, 5.74) is 0.601. The number of carbonyl (C=O) groups excluding carboxylic acids is 1. The van der Waals surface area contributed by atoms with Crippen molar-refractivity contribution in [2.45, 2.75) is 45.7 Å². The van der Waals surface area contributed by atoms with Crippen LogP contribution < -0.4 is 0 Å². The van der Waals surface area contributed by atoms with Gasteiger partial charge in [-0.2, -0.15) is 0 Å². The molecule has 1 fully saturated rings. The quantitative estimate of drug-likeness (QED) is 0.722. The zero-order chi connectivity index (χ0) is 18.2. The third-order valence-electron chi connectivity index (χ3n) is 5.38. The predicted octanol–water partition coefficient (Wildman–Crippen LogP) is 2.98. The van der Waals surface area contributed by atoms with Crippen LogP contribution in [0.25, 0.3) is 0 Å². The third-order valence-corrected chi connectivity index (χ3v) is 5.38. The molecule has 1 atom stereocenters. The van der Waals surface area contributed by atoms with Gasteiger partial charge in [-0.05, 0) is 39.0 Å². The van der Waals surface area contributed by atoms with E-state index in [0.717, 1.165) is 39.0 Å². The summed E-state index contributed by atoms with van der Waals surface area (Å²) in [6.07, 6.45) is 2.39. The molecule has 140 valence electrons. The molecule has 0 radical (unpaired) electrons. The van der Waals surface area contributed by atoms with E-state index in [0.29, 0.717) is 31.1 Å². The van der Waals surface area contributed by atoms with Crippen molar-refractivity contribution in [2.75, 3.05) is 39.8 Å². The van der Waals surface area contributed by atoms with Gasteiger partial charge >= 0.3 is 0 Å². The highest BCUT2D eigenvalue weighted by molar-refractivity contribution is 5.76. The summed E-state index contributed by atoms with van der Waals surface area (Å²) in [7, 11) is 2.16. The molecule has 1 saturated heterocycles. The van der Waals surface area contributed by atoms with E-state index >= 15 is 0 Å². The molecule has 0 N–H and O–H groups in total. The Morgan fingerprint density at radius 3 is 2.56 bits per heavy atom. The van der Waals surface area contributed by atoms with Crippen molar-refractivity contribution in [3.8, 4) is 0 Å². The standard InChI is InChI=1S/C20H32FN3O/c1-4-23(5-2)15-14-22(3)18-10-11-20(25)24(13-12-18)16-17-8-6-7-9-19(17)21/h6-9,18H,4-5,10-16H2,1-3H3/t18-/m1/s1. The van der Waals surface area contributed by atoms with Crippen molar-refractivity contribution in [3.63, 3.8) is 0 Å². The van der Waals surface area contributed by atoms with Gasteiger partial charge in [0.1, 0.15) is 5.82 Å². The monoisotopic (exact) mass is 349 g/mol. The van der Waals surface area contributed by atoms with E-state index in [4.69, 9.17) is 0 Å². The number of nitrogens with zero attached hydrogens (tertiary/aromatic N) is 3. The molecule has 0 aliphatic carbocycles. The maximum atomic E-state index is 13.9. The molecule has 5 heteroatoms. The molecule has 1 aromatic rings. The summed E-state index contributed by atoms with van der Waals surface area (Å²) in [6, 6.07) is 7.15. The average molecular weight is 349 g/mol. The maximum absolute atomic E-state index is 13.9. The fourth-order valence-electron chi connectivity index (χ4n) is 3.48. The number of amides is 1. The molecule has 0 saturated carbocycles. The molecule has 1 aliphatic heterocycles. The van der Waals surface area contributed by atoms with Gasteiger partial charge in [0, 0.05) is 44.2 Å². The van der Waals surface area contributed by atoms with Gasteiger partial charge in [-0.1, -0.05) is 32.0 Å². The van der Waals surface area contributed by atoms with Crippen LogP contribution in [0, 0.1) is 5.82 Å². The molecule has 0 spiro atoms. The molecule has 2 rings (SSSR count). The van der Waals surface area contributed by atoms with Crippen LogP contribution in [0.15, 0.2) is 24.3 Å². The van der Waals surface area contributed by atoms with E-state index in [1.165, 1.54) is 6.07 Å². The first-order chi connectivity index (χ1) is 12.0. The van der Waals surface area contributed by atoms with Gasteiger partial charge in [0.05, 0.1) is 0 Å². The Labute approximate surface area is 151 Å². The number of likely N-dealkylation sites (N-methyl/N-ethyl adjacent to an activating group) is 2. The van der Waals surface area contributed by atoms with E-state index in [1.807, 2.05) is 11.0 Å². The van der Waals surface area contributed by atoms with Crippen molar-refractivity contribution >= 4 is 5.91 Å². The van der Waals surface area contributed by atoms with Crippen molar-refractivity contribution in [1.82, 2.24) is 14.7 Å². The zero-order valence-corrected chi connectivity index (χ0v) is 15.9. The first kappa shape index (κ1) is 19.9. The van der Waals surface area contributed by atoms with Gasteiger partial charge < -0.3 is 14.7 Å². The fourth-order valence-corrected chi connectivity index (χ4v) is 3.48. The van der Waals surface area contributed by atoms with Crippen LogP contribution in [0.5, 0.6) is 0 Å². The van der Waals surface area contributed by atoms with E-state index in [-0.39, 0.29) is 11.7 Å². The largest absolute Gasteiger partial charge is 0.338 e. The molecule has 1 aromatic carbocycles. The van der Waals surface area contributed by atoms with E-state index < -0.39 is 0 Å². The Balaban J connectivity index is 1.89. The number of rotatable bonds is 8. The van der Waals surface area contributed by atoms with Crippen molar-refractivity contribution < 1.29 is 9.18 Å². The van der Waals surface area contributed by atoms with Gasteiger partial charge in [0.25, 0.3) is 0 Å². The molecule has 1 heterocycles. The Hall–Kier alpha value is -1.46. The highest BCUT2D eigenvalue weighted by atomic mass is 19.1. The number of carbonyl (C=O) groups is 1. The lowest BCUT2D eigenvalue weighted by Crippen LogP contribution is -2.39. The molecule has 1 aliphatic rings. The summed E-state index contributed by atoms with van der Waals surface area (Å²) in [6.45, 7) is 9.69. The topological polar surface area (TPSA) is 26.8 Å². The minimum atomic E-state index is -0.229. The van der Waals surface area contributed by atoms with Gasteiger partial charge in [0.15, 0.2) is 0 Å². The third kappa shape index (κ3) is 5.79. The minimum Gasteiger partial charge on any atom is -0.338 e. The Bertz CT molecular complexity index is 547. The van der Waals surface area contributed by atoms with Gasteiger partial charge in [-0.15, -0.1) is 0 Å². The SMILES string of the molecule is CCN(CC)CCN(C)[C@@H]1CCC(=O)N(Cc2ccccc2F)CC1. The fraction of sp³-hybridized carbons (Fsp3) is 0.650. The van der Waals surface area contributed by atoms with E-state index in [2.05, 4.69) is 30.7 Å². The Kier molecular flexibility index (Phi) is 7.85. The molecule has 0 unspecified atom stereocenters. The summed E-state index contributed by atoms with van der Waals surface area (Å²) < 4.78 is 13.9. The number of hydrogen-bond donors (Lipinski definition) is 0. The second-order valence-electron chi connectivity index (χ2n) is 6.90. The molecule has 25 heavy (non-hydrogen) atoms. The predicted molar refractivity (Wildman–Crippen MR) is 99.9 cm³/mol. The second kappa shape index (κ2) is 9.88. The average Bonchev–Trinajstić information content (AvgIpc) is 2.80. The van der Waals surface area contributed by atoms with Gasteiger partial charge in [0.2, 0.25) is 5.91 Å². The van der Waals surface area contributed by atoms with Crippen LogP contribution in [0.4, 0.5) is 4.39 Å². The summed E-state index contributed by atoms with van der Waals surface area (Å²) in [5, 5.41) is 0. The lowest BCUT2D eigenvalue weighted by atomic mass is 10.1. The van der Waals surface area contributed by atoms with E-state index in [9.17, 15) is 9.18 Å². The summed E-state index contributed by atoms with van der Waals surface area (Å²) >= 11 is 0. The highest BCUT2D eigenvalue weighted by Gasteiger charge is 2.25. The number of benzene rings is 1. The van der Waals surface area contributed by atoms with Crippen molar-refractivity contribution in [2.24, 2.45) is 0 Å². The van der Waals surface area contributed by atoms with Crippen LogP contribution in [-0.2, 0) is 11.3 Å². The number of likely N-dealkylation sites (tertiary alicyclic amines) is 1. The first-order valence-corrected chi connectivity index (χ1v) is 9.48. The van der Waals surface area contributed by atoms with Crippen molar-refractivity contribution in [3.05, 3.63) is 35.6 Å². The lowest BCUT2D eigenvalue weighted by molar-refractivity contribution is -0.131. The molecule has 0 aromatic heterocycles. The molecule has 1 amide bonds. The molecular formula is C20H32FN3O.